The Morgan fingerprint density at radius 2 is 1.00 bits per heavy atom. The molecule has 0 atom stereocenters. The second-order valence-electron chi connectivity index (χ2n) is 9.29. The van der Waals surface area contributed by atoms with Gasteiger partial charge in [0.05, 0.1) is 5.56 Å². The van der Waals surface area contributed by atoms with Crippen LogP contribution in [0, 0.1) is 35.3 Å². The van der Waals surface area contributed by atoms with Crippen molar-refractivity contribution in [1.82, 2.24) is 0 Å². The van der Waals surface area contributed by atoms with Gasteiger partial charge >= 0.3 is 0 Å². The molecule has 3 rings (SSSR count). The minimum Gasteiger partial charge on any atom is -0.205 e. The van der Waals surface area contributed by atoms with Crippen LogP contribution in [-0.2, 0) is 12.8 Å². The molecule has 3 aromatic carbocycles. The third-order valence-corrected chi connectivity index (χ3v) is 6.36. The molecule has 0 heterocycles. The van der Waals surface area contributed by atoms with Gasteiger partial charge in [-0.2, -0.15) is 0 Å². The molecule has 0 aliphatic carbocycles. The Balaban J connectivity index is 1.54. The number of hydrogen-bond donors (Lipinski definition) is 0. The predicted molar refractivity (Wildman–Crippen MR) is 147 cm³/mol. The Morgan fingerprint density at radius 3 is 1.56 bits per heavy atom. The molecule has 0 nitrogen and oxygen atoms in total. The van der Waals surface area contributed by atoms with Crippen molar-refractivity contribution in [3.05, 3.63) is 106 Å². The average Bonchev–Trinajstić information content (AvgIpc) is 2.89. The van der Waals surface area contributed by atoms with Gasteiger partial charge in [0.25, 0.3) is 0 Å². The zero-order valence-corrected chi connectivity index (χ0v) is 21.6. The normalized spacial score (nSPS) is 10.3. The molecule has 0 fully saturated rings. The highest BCUT2D eigenvalue weighted by atomic mass is 19.1. The van der Waals surface area contributed by atoms with Crippen molar-refractivity contribution in [2.45, 2.75) is 78.1 Å². The first-order valence-electron chi connectivity index (χ1n) is 13.3. The standard InChI is InChI=1S/C34H36F2/c1-3-5-6-7-8-9-10-11-12-28-17-19-29(20-18-28)21-22-31-25-33(35)32(34(36)26-31)24-23-30-15-13-27(4-2)14-16-30/h13-20,25-26H,3-12H2,1-2H3. The number of halogens is 2. The summed E-state index contributed by atoms with van der Waals surface area (Å²) in [5.41, 5.74) is 4.11. The Bertz CT molecular complexity index is 1190. The van der Waals surface area contributed by atoms with E-state index in [4.69, 9.17) is 0 Å². The summed E-state index contributed by atoms with van der Waals surface area (Å²) in [6.45, 7) is 4.32. The van der Waals surface area contributed by atoms with Gasteiger partial charge in [-0.05, 0) is 66.8 Å². The number of benzene rings is 3. The van der Waals surface area contributed by atoms with Gasteiger partial charge in [0.1, 0.15) is 11.6 Å². The van der Waals surface area contributed by atoms with Crippen LogP contribution in [0.15, 0.2) is 60.7 Å². The number of unbranched alkanes of at least 4 members (excludes halogenated alkanes) is 7. The van der Waals surface area contributed by atoms with E-state index in [0.717, 1.165) is 24.0 Å². The maximum absolute atomic E-state index is 14.6. The first-order chi connectivity index (χ1) is 17.6. The van der Waals surface area contributed by atoms with Gasteiger partial charge in [-0.3, -0.25) is 0 Å². The molecule has 36 heavy (non-hydrogen) atoms. The molecule has 0 aliphatic rings. The van der Waals surface area contributed by atoms with Gasteiger partial charge in [0.15, 0.2) is 0 Å². The lowest BCUT2D eigenvalue weighted by Crippen LogP contribution is -1.93. The van der Waals surface area contributed by atoms with Crippen molar-refractivity contribution in [2.75, 3.05) is 0 Å². The highest BCUT2D eigenvalue weighted by Crippen LogP contribution is 2.16. The number of aryl methyl sites for hydroxylation is 2. The van der Waals surface area contributed by atoms with Crippen LogP contribution in [0.1, 0.15) is 98.6 Å². The summed E-state index contributed by atoms with van der Waals surface area (Å²) in [6.07, 6.45) is 12.5. The lowest BCUT2D eigenvalue weighted by atomic mass is 10.0. The summed E-state index contributed by atoms with van der Waals surface area (Å²) >= 11 is 0. The lowest BCUT2D eigenvalue weighted by Gasteiger charge is -2.03. The fourth-order valence-corrected chi connectivity index (χ4v) is 4.09. The third-order valence-electron chi connectivity index (χ3n) is 6.36. The fourth-order valence-electron chi connectivity index (χ4n) is 4.09. The second kappa shape index (κ2) is 14.9. The van der Waals surface area contributed by atoms with Crippen LogP contribution in [0.2, 0.25) is 0 Å². The van der Waals surface area contributed by atoms with Gasteiger partial charge in [-0.25, -0.2) is 8.78 Å². The summed E-state index contributed by atoms with van der Waals surface area (Å²) < 4.78 is 29.1. The van der Waals surface area contributed by atoms with E-state index < -0.39 is 11.6 Å². The molecule has 186 valence electrons. The molecule has 0 radical (unpaired) electrons. The minimum absolute atomic E-state index is 0.231. The van der Waals surface area contributed by atoms with Crippen LogP contribution in [-0.4, -0.2) is 0 Å². The largest absolute Gasteiger partial charge is 0.205 e. The van der Waals surface area contributed by atoms with Crippen molar-refractivity contribution < 1.29 is 8.78 Å². The molecule has 0 saturated heterocycles. The SMILES string of the molecule is CCCCCCCCCCc1ccc(C#Cc2cc(F)c(C#Cc3ccc(CC)cc3)c(F)c2)cc1. The Labute approximate surface area is 216 Å². The zero-order chi connectivity index (χ0) is 25.6. The van der Waals surface area contributed by atoms with Crippen LogP contribution in [0.25, 0.3) is 0 Å². The van der Waals surface area contributed by atoms with E-state index in [1.165, 1.54) is 74.6 Å². The summed E-state index contributed by atoms with van der Waals surface area (Å²) in [6, 6.07) is 18.3. The van der Waals surface area contributed by atoms with Crippen molar-refractivity contribution in [3.8, 4) is 23.7 Å². The Kier molecular flexibility index (Phi) is 11.3. The monoisotopic (exact) mass is 482 g/mol. The maximum atomic E-state index is 14.6. The predicted octanol–water partition coefficient (Wildman–Crippen LogP) is 9.01. The Hall–Kier alpha value is -3.36. The third kappa shape index (κ3) is 9.02. The quantitative estimate of drug-likeness (QED) is 0.200. The van der Waals surface area contributed by atoms with Crippen molar-refractivity contribution >= 4 is 0 Å². The van der Waals surface area contributed by atoms with E-state index in [0.29, 0.717) is 5.56 Å². The van der Waals surface area contributed by atoms with E-state index in [9.17, 15) is 8.78 Å². The van der Waals surface area contributed by atoms with E-state index in [1.54, 1.807) is 0 Å². The average molecular weight is 483 g/mol. The topological polar surface area (TPSA) is 0 Å². The van der Waals surface area contributed by atoms with Gasteiger partial charge in [0, 0.05) is 16.7 Å². The van der Waals surface area contributed by atoms with Crippen LogP contribution < -0.4 is 0 Å². The summed E-state index contributed by atoms with van der Waals surface area (Å²) in [7, 11) is 0. The molecule has 0 saturated carbocycles. The molecule has 2 heteroatoms. The molecule has 0 N–H and O–H groups in total. The van der Waals surface area contributed by atoms with E-state index >= 15 is 0 Å². The first-order valence-corrected chi connectivity index (χ1v) is 13.3. The molecule has 0 amide bonds. The maximum Gasteiger partial charge on any atom is 0.143 e. The fraction of sp³-hybridized carbons (Fsp3) is 0.353. The van der Waals surface area contributed by atoms with Crippen molar-refractivity contribution in [1.29, 1.82) is 0 Å². The molecule has 0 bridgehead atoms. The van der Waals surface area contributed by atoms with E-state index in [2.05, 4.69) is 49.7 Å². The highest BCUT2D eigenvalue weighted by Gasteiger charge is 2.08. The summed E-state index contributed by atoms with van der Waals surface area (Å²) in [4.78, 5) is 0. The minimum atomic E-state index is -0.697. The molecule has 0 aliphatic heterocycles. The van der Waals surface area contributed by atoms with E-state index in [-0.39, 0.29) is 5.56 Å². The lowest BCUT2D eigenvalue weighted by molar-refractivity contribution is 0.575. The van der Waals surface area contributed by atoms with Gasteiger partial charge in [0.2, 0.25) is 0 Å². The molecule has 0 aromatic heterocycles. The second-order valence-corrected chi connectivity index (χ2v) is 9.29. The summed E-state index contributed by atoms with van der Waals surface area (Å²) in [5, 5.41) is 0. The molecule has 3 aromatic rings. The Morgan fingerprint density at radius 1 is 0.528 bits per heavy atom. The molecular weight excluding hydrogens is 446 g/mol. The highest BCUT2D eigenvalue weighted by molar-refractivity contribution is 5.49. The molecular formula is C34H36F2. The summed E-state index contributed by atoms with van der Waals surface area (Å²) in [5.74, 6) is 9.97. The molecule has 0 unspecified atom stereocenters. The smallest absolute Gasteiger partial charge is 0.143 e. The molecule has 0 spiro atoms. The van der Waals surface area contributed by atoms with Crippen molar-refractivity contribution in [3.63, 3.8) is 0 Å². The van der Waals surface area contributed by atoms with Crippen LogP contribution in [0.5, 0.6) is 0 Å². The van der Waals surface area contributed by atoms with E-state index in [1.807, 2.05) is 36.4 Å². The van der Waals surface area contributed by atoms with Gasteiger partial charge < -0.3 is 0 Å². The first kappa shape index (κ1) is 27.2. The zero-order valence-electron chi connectivity index (χ0n) is 21.6. The van der Waals surface area contributed by atoms with Gasteiger partial charge in [-0.15, -0.1) is 0 Å². The van der Waals surface area contributed by atoms with Crippen LogP contribution in [0.4, 0.5) is 8.78 Å². The van der Waals surface area contributed by atoms with Crippen molar-refractivity contribution in [2.24, 2.45) is 0 Å². The number of rotatable bonds is 10. The van der Waals surface area contributed by atoms with Crippen LogP contribution in [0.3, 0.4) is 0 Å². The van der Waals surface area contributed by atoms with Gasteiger partial charge in [-0.1, -0.05) is 107 Å². The van der Waals surface area contributed by atoms with Crippen LogP contribution >= 0.6 is 0 Å². The number of hydrogen-bond acceptors (Lipinski definition) is 0.